The lowest BCUT2D eigenvalue weighted by Gasteiger charge is -2.23. The predicted octanol–water partition coefficient (Wildman–Crippen LogP) is 1.26. The first-order valence-corrected chi connectivity index (χ1v) is 4.65. The highest BCUT2D eigenvalue weighted by atomic mass is 16.7. The number of carbonyl (C=O) groups excluding carboxylic acids is 1. The number of hydrogen-bond acceptors (Lipinski definition) is 3. The molecule has 0 amide bonds. The van der Waals surface area contributed by atoms with E-state index >= 15 is 0 Å². The quantitative estimate of drug-likeness (QED) is 0.549. The summed E-state index contributed by atoms with van der Waals surface area (Å²) in [6.07, 6.45) is 4.55. The summed E-state index contributed by atoms with van der Waals surface area (Å²) >= 11 is 0. The molecular weight excluding hydrogens is 156 g/mol. The maximum Gasteiger partial charge on any atom is 0.229 e. The molecule has 1 aliphatic heterocycles. The van der Waals surface area contributed by atoms with Crippen LogP contribution >= 0.6 is 0 Å². The van der Waals surface area contributed by atoms with E-state index in [1.165, 1.54) is 0 Å². The number of carbonyl (C=O) groups is 1. The van der Waals surface area contributed by atoms with Crippen LogP contribution in [0.15, 0.2) is 0 Å². The molecule has 2 aliphatic rings. The highest BCUT2D eigenvalue weighted by Gasteiger charge is 2.43. The minimum atomic E-state index is -0.823. The van der Waals surface area contributed by atoms with Gasteiger partial charge in [-0.2, -0.15) is 0 Å². The molecule has 2 rings (SSSR count). The number of ether oxygens (including phenoxy) is 2. The van der Waals surface area contributed by atoms with E-state index in [-0.39, 0.29) is 5.78 Å². The lowest BCUT2D eigenvalue weighted by Crippen LogP contribution is -2.38. The van der Waals surface area contributed by atoms with Crippen molar-refractivity contribution in [3.63, 3.8) is 0 Å². The predicted molar refractivity (Wildman–Crippen MR) is 42.7 cm³/mol. The first-order valence-electron chi connectivity index (χ1n) is 4.65. The van der Waals surface area contributed by atoms with E-state index in [0.29, 0.717) is 19.6 Å². The zero-order valence-corrected chi connectivity index (χ0v) is 7.17. The van der Waals surface area contributed by atoms with E-state index in [0.717, 1.165) is 25.7 Å². The molecule has 1 saturated heterocycles. The lowest BCUT2D eigenvalue weighted by atomic mass is 10.1. The highest BCUT2D eigenvalue weighted by molar-refractivity contribution is 5.86. The monoisotopic (exact) mass is 170 g/mol. The lowest BCUT2D eigenvalue weighted by molar-refractivity contribution is -0.181. The number of Topliss-reactive ketones (excluding diaryl/α,β-unsaturated/α-hetero) is 1. The minimum Gasteiger partial charge on any atom is -0.341 e. The molecule has 0 aromatic carbocycles. The van der Waals surface area contributed by atoms with Crippen molar-refractivity contribution >= 4 is 5.78 Å². The van der Waals surface area contributed by atoms with Crippen LogP contribution in [-0.2, 0) is 14.3 Å². The fourth-order valence-corrected chi connectivity index (χ4v) is 1.91. The van der Waals surface area contributed by atoms with Crippen LogP contribution in [0.5, 0.6) is 0 Å². The molecule has 0 unspecified atom stereocenters. The van der Waals surface area contributed by atoms with Crippen LogP contribution in [0.25, 0.3) is 0 Å². The summed E-state index contributed by atoms with van der Waals surface area (Å²) in [5, 5.41) is 0. The molecule has 68 valence electrons. The van der Waals surface area contributed by atoms with Gasteiger partial charge in [0.05, 0.1) is 13.2 Å². The first kappa shape index (κ1) is 8.20. The molecule has 0 aromatic heterocycles. The van der Waals surface area contributed by atoms with E-state index in [1.54, 1.807) is 0 Å². The summed E-state index contributed by atoms with van der Waals surface area (Å²) in [4.78, 5) is 11.6. The van der Waals surface area contributed by atoms with Crippen LogP contribution in [0.4, 0.5) is 0 Å². The fraction of sp³-hybridized carbons (Fsp3) is 0.889. The first-order chi connectivity index (χ1) is 5.83. The molecule has 0 radical (unpaired) electrons. The summed E-state index contributed by atoms with van der Waals surface area (Å²) in [7, 11) is 0. The average Bonchev–Trinajstić information content (AvgIpc) is 2.45. The molecule has 0 aromatic rings. The van der Waals surface area contributed by atoms with Crippen LogP contribution < -0.4 is 0 Å². The van der Waals surface area contributed by atoms with Crippen LogP contribution in [0.2, 0.25) is 0 Å². The zero-order chi connectivity index (χ0) is 8.44. The normalized spacial score (nSPS) is 29.2. The smallest absolute Gasteiger partial charge is 0.229 e. The summed E-state index contributed by atoms with van der Waals surface area (Å²) in [5.74, 6) is -0.672. The maximum atomic E-state index is 11.6. The molecule has 1 saturated carbocycles. The van der Waals surface area contributed by atoms with Crippen molar-refractivity contribution in [3.8, 4) is 0 Å². The molecule has 3 nitrogen and oxygen atoms in total. The van der Waals surface area contributed by atoms with Crippen LogP contribution in [-0.4, -0.2) is 24.8 Å². The van der Waals surface area contributed by atoms with Crippen molar-refractivity contribution in [2.45, 2.75) is 37.9 Å². The molecule has 2 fully saturated rings. The van der Waals surface area contributed by atoms with Gasteiger partial charge in [0.1, 0.15) is 0 Å². The van der Waals surface area contributed by atoms with E-state index in [1.807, 2.05) is 0 Å². The average molecular weight is 170 g/mol. The summed E-state index contributed by atoms with van der Waals surface area (Å²) < 4.78 is 10.8. The molecule has 0 atom stereocenters. The second-order valence-electron chi connectivity index (χ2n) is 3.43. The molecule has 12 heavy (non-hydrogen) atoms. The Morgan fingerprint density at radius 1 is 1.08 bits per heavy atom. The molecule has 3 heteroatoms. The Kier molecular flexibility index (Phi) is 2.15. The Labute approximate surface area is 72.0 Å². The third kappa shape index (κ3) is 1.27. The van der Waals surface area contributed by atoms with Crippen LogP contribution in [0, 0.1) is 0 Å². The van der Waals surface area contributed by atoms with Crippen molar-refractivity contribution in [1.29, 1.82) is 0 Å². The molecule has 1 aliphatic carbocycles. The number of hydrogen-bond donors (Lipinski definition) is 0. The van der Waals surface area contributed by atoms with Crippen molar-refractivity contribution in [2.75, 3.05) is 13.2 Å². The van der Waals surface area contributed by atoms with Gasteiger partial charge in [0.25, 0.3) is 0 Å². The Morgan fingerprint density at radius 3 is 2.58 bits per heavy atom. The SMILES string of the molecule is O=C1CCCCCC12OCCO2. The summed E-state index contributed by atoms with van der Waals surface area (Å²) in [6.45, 7) is 1.15. The van der Waals surface area contributed by atoms with Gasteiger partial charge in [-0.25, -0.2) is 0 Å². The number of rotatable bonds is 0. The third-order valence-electron chi connectivity index (χ3n) is 2.59. The van der Waals surface area contributed by atoms with Gasteiger partial charge in [-0.05, 0) is 12.8 Å². The second-order valence-corrected chi connectivity index (χ2v) is 3.43. The Hall–Kier alpha value is -0.410. The molecule has 1 heterocycles. The third-order valence-corrected chi connectivity index (χ3v) is 2.59. The molecule has 0 N–H and O–H groups in total. The zero-order valence-electron chi connectivity index (χ0n) is 7.17. The van der Waals surface area contributed by atoms with Crippen molar-refractivity contribution < 1.29 is 14.3 Å². The Balaban J connectivity index is 2.13. The van der Waals surface area contributed by atoms with Gasteiger partial charge in [-0.15, -0.1) is 0 Å². The van der Waals surface area contributed by atoms with Crippen LogP contribution in [0.3, 0.4) is 0 Å². The van der Waals surface area contributed by atoms with Gasteiger partial charge >= 0.3 is 0 Å². The fourth-order valence-electron chi connectivity index (χ4n) is 1.91. The topological polar surface area (TPSA) is 35.5 Å². The van der Waals surface area contributed by atoms with E-state index in [9.17, 15) is 4.79 Å². The van der Waals surface area contributed by atoms with E-state index in [4.69, 9.17) is 9.47 Å². The Morgan fingerprint density at radius 2 is 1.83 bits per heavy atom. The van der Waals surface area contributed by atoms with Crippen LogP contribution in [0.1, 0.15) is 32.1 Å². The van der Waals surface area contributed by atoms with Crippen molar-refractivity contribution in [1.82, 2.24) is 0 Å². The molecular formula is C9H14O3. The summed E-state index contributed by atoms with van der Waals surface area (Å²) in [5.41, 5.74) is 0. The minimum absolute atomic E-state index is 0.150. The Bertz CT molecular complexity index is 182. The standard InChI is InChI=1S/C9H14O3/c10-8-4-2-1-3-5-9(8)11-6-7-12-9/h1-7H2. The maximum absolute atomic E-state index is 11.6. The van der Waals surface area contributed by atoms with Gasteiger partial charge in [0, 0.05) is 12.8 Å². The van der Waals surface area contributed by atoms with Crippen molar-refractivity contribution in [3.05, 3.63) is 0 Å². The van der Waals surface area contributed by atoms with Gasteiger partial charge in [-0.1, -0.05) is 6.42 Å². The molecule has 0 bridgehead atoms. The number of ketones is 1. The van der Waals surface area contributed by atoms with E-state index < -0.39 is 5.79 Å². The molecule has 1 spiro atoms. The van der Waals surface area contributed by atoms with Gasteiger partial charge in [0.15, 0.2) is 5.78 Å². The largest absolute Gasteiger partial charge is 0.341 e. The summed E-state index contributed by atoms with van der Waals surface area (Å²) in [6, 6.07) is 0. The van der Waals surface area contributed by atoms with Crippen molar-refractivity contribution in [2.24, 2.45) is 0 Å². The van der Waals surface area contributed by atoms with Gasteiger partial charge < -0.3 is 9.47 Å². The highest BCUT2D eigenvalue weighted by Crippen LogP contribution is 2.31. The van der Waals surface area contributed by atoms with Gasteiger partial charge in [-0.3, -0.25) is 4.79 Å². The van der Waals surface area contributed by atoms with Gasteiger partial charge in [0.2, 0.25) is 5.79 Å². The second kappa shape index (κ2) is 3.15. The van der Waals surface area contributed by atoms with E-state index in [2.05, 4.69) is 0 Å².